The largest absolute Gasteiger partial charge is 0.493 e. The van der Waals surface area contributed by atoms with E-state index in [1.165, 1.54) is 41.2 Å². The second-order valence-electron chi connectivity index (χ2n) is 11.0. The Morgan fingerprint density at radius 1 is 0.980 bits per heavy atom. The molecule has 0 saturated carbocycles. The molecule has 0 bridgehead atoms. The van der Waals surface area contributed by atoms with Gasteiger partial charge in [-0.25, -0.2) is 13.5 Å². The minimum atomic E-state index is -0.708. The Balaban J connectivity index is 1.15. The van der Waals surface area contributed by atoms with Crippen molar-refractivity contribution < 1.29 is 37.3 Å². The first-order valence-corrected chi connectivity index (χ1v) is 16.5. The quantitative estimate of drug-likeness (QED) is 0.128. The van der Waals surface area contributed by atoms with Gasteiger partial charge in [-0.05, 0) is 71.7 Å². The lowest BCUT2D eigenvalue weighted by Crippen LogP contribution is -2.37. The van der Waals surface area contributed by atoms with Gasteiger partial charge in [0.15, 0.2) is 34.5 Å². The molecule has 3 aromatic carbocycles. The van der Waals surface area contributed by atoms with Crippen LogP contribution in [0.1, 0.15) is 23.8 Å². The number of nitrogens with zero attached hydrogens (tertiary/aromatic N) is 4. The number of hydrogen-bond acceptors (Lipinski definition) is 9. The molecule has 1 saturated heterocycles. The third-order valence-corrected chi connectivity index (χ3v) is 8.36. The highest BCUT2D eigenvalue weighted by Gasteiger charge is 2.21. The van der Waals surface area contributed by atoms with Crippen molar-refractivity contribution in [3.05, 3.63) is 88.8 Å². The number of ether oxygens (including phenoxy) is 5. The number of hydrogen-bond donors (Lipinski definition) is 1. The smallest absolute Gasteiger partial charge is 0.280 e. The summed E-state index contributed by atoms with van der Waals surface area (Å²) in [6.45, 7) is 6.81. The summed E-state index contributed by atoms with van der Waals surface area (Å²) in [6, 6.07) is 13.3. The van der Waals surface area contributed by atoms with Gasteiger partial charge in [0.25, 0.3) is 5.91 Å². The molecule has 0 aliphatic carbocycles. The van der Waals surface area contributed by atoms with Gasteiger partial charge in [0.1, 0.15) is 11.6 Å². The van der Waals surface area contributed by atoms with Crippen LogP contribution in [0.4, 0.5) is 14.5 Å². The van der Waals surface area contributed by atoms with Gasteiger partial charge in [0.05, 0.1) is 50.9 Å². The molecular weight excluding hydrogens is 704 g/mol. The lowest BCUT2D eigenvalue weighted by Gasteiger charge is -2.26. The van der Waals surface area contributed by atoms with E-state index in [4.69, 9.17) is 23.7 Å². The normalized spacial score (nSPS) is 13.3. The summed E-state index contributed by atoms with van der Waals surface area (Å²) in [4.78, 5) is 20.0. The number of carbonyl (C=O) groups excluding carboxylic acids is 1. The lowest BCUT2D eigenvalue weighted by atomic mass is 10.1. The van der Waals surface area contributed by atoms with E-state index in [9.17, 15) is 9.18 Å². The van der Waals surface area contributed by atoms with Gasteiger partial charge in [-0.15, -0.1) is 0 Å². The number of amides is 1. The lowest BCUT2D eigenvalue weighted by molar-refractivity contribution is 0.0357. The Bertz CT molecular complexity index is 1950. The predicted octanol–water partition coefficient (Wildman–Crippen LogP) is 7.01. The van der Waals surface area contributed by atoms with Crippen LogP contribution >= 0.6 is 15.9 Å². The maximum absolute atomic E-state index is 15.4. The van der Waals surface area contributed by atoms with Crippen molar-refractivity contribution in [1.29, 1.82) is 0 Å². The van der Waals surface area contributed by atoms with Gasteiger partial charge in [0.2, 0.25) is 0 Å². The van der Waals surface area contributed by atoms with Crippen LogP contribution in [0.5, 0.6) is 28.7 Å². The molecule has 0 unspecified atom stereocenters. The zero-order valence-corrected chi connectivity index (χ0v) is 28.5. The van der Waals surface area contributed by atoms with Crippen molar-refractivity contribution in [3.8, 4) is 34.4 Å². The van der Waals surface area contributed by atoms with E-state index in [0.717, 1.165) is 45.3 Å². The van der Waals surface area contributed by atoms with Crippen molar-refractivity contribution in [2.75, 3.05) is 58.5 Å². The maximum Gasteiger partial charge on any atom is 0.280 e. The summed E-state index contributed by atoms with van der Waals surface area (Å²) in [5.41, 5.74) is 1.23. The average molecular weight is 739 g/mol. The highest BCUT2D eigenvalue weighted by Crippen LogP contribution is 2.38. The maximum atomic E-state index is 15.4. The minimum absolute atomic E-state index is 0.0311. The van der Waals surface area contributed by atoms with E-state index in [-0.39, 0.29) is 29.5 Å². The minimum Gasteiger partial charge on any atom is -0.493 e. The van der Waals surface area contributed by atoms with E-state index >= 15 is 4.39 Å². The average Bonchev–Trinajstić information content (AvgIpc) is 3.52. The van der Waals surface area contributed by atoms with E-state index in [1.54, 1.807) is 38.4 Å². The molecule has 1 N–H and O–H groups in total. The standard InChI is InChI=1S/C35H34BrF2N5O6/c1-3-47-33-21-43(28-7-5-22(37)17-25(28)36)41-34(33)35(44)40-23-6-8-30(26(38)18-23)49-29-9-10-39-27-20-32(31(45-2)19-24(27)29)48-14-4-11-42-12-15-46-16-13-42/h5-10,17-21H,3-4,11-16H2,1-2H3,(H,40,44). The first-order chi connectivity index (χ1) is 23.8. The van der Waals surface area contributed by atoms with Crippen LogP contribution in [0.15, 0.2) is 71.5 Å². The molecule has 256 valence electrons. The third kappa shape index (κ3) is 8.10. The third-order valence-electron chi connectivity index (χ3n) is 7.73. The Hall–Kier alpha value is -4.79. The second-order valence-corrected chi connectivity index (χ2v) is 11.9. The number of anilines is 1. The molecular formula is C35H34BrF2N5O6. The number of benzene rings is 3. The number of pyridine rings is 1. The predicted molar refractivity (Wildman–Crippen MR) is 182 cm³/mol. The molecule has 14 heteroatoms. The van der Waals surface area contributed by atoms with Gasteiger partial charge in [-0.2, -0.15) is 5.10 Å². The first-order valence-electron chi connectivity index (χ1n) is 15.7. The van der Waals surface area contributed by atoms with Crippen molar-refractivity contribution in [2.24, 2.45) is 0 Å². The molecule has 0 radical (unpaired) electrons. The van der Waals surface area contributed by atoms with Crippen LogP contribution in [0.25, 0.3) is 16.6 Å². The van der Waals surface area contributed by atoms with Crippen molar-refractivity contribution in [2.45, 2.75) is 13.3 Å². The molecule has 1 aliphatic heterocycles. The number of rotatable bonds is 13. The van der Waals surface area contributed by atoms with E-state index in [0.29, 0.717) is 44.9 Å². The molecule has 2 aromatic heterocycles. The monoisotopic (exact) mass is 737 g/mol. The highest BCUT2D eigenvalue weighted by molar-refractivity contribution is 9.10. The molecule has 0 atom stereocenters. The topological polar surface area (TPSA) is 109 Å². The fourth-order valence-corrected chi connectivity index (χ4v) is 5.85. The zero-order chi connectivity index (χ0) is 34.3. The van der Waals surface area contributed by atoms with E-state index < -0.39 is 17.5 Å². The van der Waals surface area contributed by atoms with Crippen LogP contribution in [-0.4, -0.2) is 78.7 Å². The molecule has 1 amide bonds. The summed E-state index contributed by atoms with van der Waals surface area (Å²) in [6.07, 6.45) is 3.93. The zero-order valence-electron chi connectivity index (χ0n) is 26.9. The van der Waals surface area contributed by atoms with Crippen LogP contribution < -0.4 is 24.3 Å². The Morgan fingerprint density at radius 3 is 2.57 bits per heavy atom. The summed E-state index contributed by atoms with van der Waals surface area (Å²) in [5, 5.41) is 7.61. The Morgan fingerprint density at radius 2 is 1.82 bits per heavy atom. The number of fused-ring (bicyclic) bond motifs is 1. The fourth-order valence-electron chi connectivity index (χ4n) is 5.32. The van der Waals surface area contributed by atoms with Crippen LogP contribution in [0, 0.1) is 11.6 Å². The summed E-state index contributed by atoms with van der Waals surface area (Å²) < 4.78 is 59.5. The Labute approximate surface area is 289 Å². The second kappa shape index (κ2) is 15.6. The number of halogens is 3. The van der Waals surface area contributed by atoms with Gasteiger partial charge in [0, 0.05) is 53.5 Å². The van der Waals surface area contributed by atoms with Gasteiger partial charge in [-0.1, -0.05) is 0 Å². The van der Waals surface area contributed by atoms with Crippen molar-refractivity contribution >= 4 is 38.4 Å². The first kappa shape index (κ1) is 34.1. The van der Waals surface area contributed by atoms with E-state index in [1.807, 2.05) is 0 Å². The molecule has 1 fully saturated rings. The molecule has 5 aromatic rings. The number of carbonyl (C=O) groups is 1. The number of morpholine rings is 1. The highest BCUT2D eigenvalue weighted by atomic mass is 79.9. The summed E-state index contributed by atoms with van der Waals surface area (Å²) in [7, 11) is 1.55. The van der Waals surface area contributed by atoms with E-state index in [2.05, 4.69) is 36.2 Å². The van der Waals surface area contributed by atoms with Gasteiger partial charge in [-0.3, -0.25) is 14.7 Å². The number of aromatic nitrogens is 3. The molecule has 6 rings (SSSR count). The van der Waals surface area contributed by atoms with Crippen molar-refractivity contribution in [3.63, 3.8) is 0 Å². The molecule has 11 nitrogen and oxygen atoms in total. The van der Waals surface area contributed by atoms with Crippen molar-refractivity contribution in [1.82, 2.24) is 19.7 Å². The van der Waals surface area contributed by atoms with Crippen LogP contribution in [0.3, 0.4) is 0 Å². The molecule has 3 heterocycles. The molecule has 1 aliphatic rings. The summed E-state index contributed by atoms with van der Waals surface area (Å²) in [5.74, 6) is -0.211. The van der Waals surface area contributed by atoms with Gasteiger partial charge < -0.3 is 29.0 Å². The fraction of sp³-hybridized carbons (Fsp3) is 0.286. The number of nitrogens with one attached hydrogen (secondary N) is 1. The molecule has 0 spiro atoms. The number of methoxy groups -OCH3 is 1. The van der Waals surface area contributed by atoms with Gasteiger partial charge >= 0.3 is 0 Å². The molecule has 49 heavy (non-hydrogen) atoms. The van der Waals surface area contributed by atoms with Crippen LogP contribution in [0.2, 0.25) is 0 Å². The van der Waals surface area contributed by atoms with Crippen LogP contribution in [-0.2, 0) is 4.74 Å². The SMILES string of the molecule is CCOc1cn(-c2ccc(F)cc2Br)nc1C(=O)Nc1ccc(Oc2ccnc3cc(OCCCN4CCOCC4)c(OC)cc23)c(F)c1. The summed E-state index contributed by atoms with van der Waals surface area (Å²) >= 11 is 3.32. The Kier molecular flexibility index (Phi) is 10.9.